The van der Waals surface area contributed by atoms with Crippen LogP contribution in [0.5, 0.6) is 0 Å². The van der Waals surface area contributed by atoms with Crippen LogP contribution in [0.25, 0.3) is 0 Å². The third-order valence-electron chi connectivity index (χ3n) is 2.59. The molecule has 0 fully saturated rings. The van der Waals surface area contributed by atoms with Crippen molar-refractivity contribution in [1.29, 1.82) is 0 Å². The summed E-state index contributed by atoms with van der Waals surface area (Å²) in [5, 5.41) is 5.96. The Labute approximate surface area is 126 Å². The molecule has 0 aliphatic heterocycles. The summed E-state index contributed by atoms with van der Waals surface area (Å²) in [4.78, 5) is 19.9. The van der Waals surface area contributed by atoms with Gasteiger partial charge in [-0.2, -0.15) is 0 Å². The highest BCUT2D eigenvalue weighted by Crippen LogP contribution is 2.10. The van der Waals surface area contributed by atoms with Gasteiger partial charge < -0.3 is 10.6 Å². The molecule has 0 atom stereocenters. The molecule has 5 nitrogen and oxygen atoms in total. The first-order valence-electron chi connectivity index (χ1n) is 6.30. The Balaban J connectivity index is 1.66. The van der Waals surface area contributed by atoms with Gasteiger partial charge in [-0.3, -0.25) is 4.79 Å². The summed E-state index contributed by atoms with van der Waals surface area (Å²) in [6.07, 6.45) is 4.18. The lowest BCUT2D eigenvalue weighted by atomic mass is 10.2. The van der Waals surface area contributed by atoms with E-state index >= 15 is 0 Å². The molecule has 6 heteroatoms. The van der Waals surface area contributed by atoms with E-state index in [2.05, 4.69) is 36.5 Å². The SMILES string of the molecule is O=C(NCCCNc1ncccn1)c1ccc(Br)cc1. The molecule has 104 valence electrons. The van der Waals surface area contributed by atoms with E-state index in [1.807, 2.05) is 12.1 Å². The van der Waals surface area contributed by atoms with Crippen molar-refractivity contribution in [1.82, 2.24) is 15.3 Å². The molecule has 1 aromatic carbocycles. The van der Waals surface area contributed by atoms with Crippen molar-refractivity contribution < 1.29 is 4.79 Å². The second kappa shape index (κ2) is 7.59. The summed E-state index contributed by atoms with van der Waals surface area (Å²) in [7, 11) is 0. The standard InChI is InChI=1S/C14H15BrN4O/c15-12-5-3-11(4-6-12)13(20)16-7-1-8-17-14-18-9-2-10-19-14/h2-6,9-10H,1,7-8H2,(H,16,20)(H,17,18,19). The third kappa shape index (κ3) is 4.62. The predicted octanol–water partition coefficient (Wildman–Crippen LogP) is 2.47. The minimum atomic E-state index is -0.0616. The number of nitrogens with one attached hydrogen (secondary N) is 2. The summed E-state index contributed by atoms with van der Waals surface area (Å²) < 4.78 is 0.959. The minimum Gasteiger partial charge on any atom is -0.354 e. The van der Waals surface area contributed by atoms with Gasteiger partial charge >= 0.3 is 0 Å². The average Bonchev–Trinajstić information content (AvgIpc) is 2.48. The Kier molecular flexibility index (Phi) is 5.49. The molecule has 0 aliphatic carbocycles. The van der Waals surface area contributed by atoms with Crippen LogP contribution in [0.1, 0.15) is 16.8 Å². The van der Waals surface area contributed by atoms with Crippen molar-refractivity contribution in [3.63, 3.8) is 0 Å². The molecule has 2 rings (SSSR count). The largest absolute Gasteiger partial charge is 0.354 e. The van der Waals surface area contributed by atoms with Crippen LogP contribution < -0.4 is 10.6 Å². The summed E-state index contributed by atoms with van der Waals surface area (Å²) in [5.74, 6) is 0.542. The number of rotatable bonds is 6. The van der Waals surface area contributed by atoms with E-state index in [-0.39, 0.29) is 5.91 Å². The van der Waals surface area contributed by atoms with E-state index in [1.165, 1.54) is 0 Å². The fourth-order valence-corrected chi connectivity index (χ4v) is 1.85. The molecule has 2 aromatic rings. The number of anilines is 1. The molecule has 0 spiro atoms. The van der Waals surface area contributed by atoms with Crippen LogP contribution in [0.3, 0.4) is 0 Å². The molecule has 20 heavy (non-hydrogen) atoms. The Morgan fingerprint density at radius 1 is 1.10 bits per heavy atom. The van der Waals surface area contributed by atoms with Crippen molar-refractivity contribution in [3.8, 4) is 0 Å². The average molecular weight is 335 g/mol. The number of nitrogens with zero attached hydrogens (tertiary/aromatic N) is 2. The summed E-state index contributed by atoms with van der Waals surface area (Å²) >= 11 is 3.34. The number of benzene rings is 1. The van der Waals surface area contributed by atoms with Crippen LogP contribution >= 0.6 is 15.9 Å². The van der Waals surface area contributed by atoms with Crippen LogP contribution in [0.15, 0.2) is 47.2 Å². The topological polar surface area (TPSA) is 66.9 Å². The molecular formula is C14H15BrN4O. The van der Waals surface area contributed by atoms with E-state index in [0.29, 0.717) is 24.6 Å². The first-order chi connectivity index (χ1) is 9.75. The summed E-state index contributed by atoms with van der Waals surface area (Å²) in [6, 6.07) is 9.04. The summed E-state index contributed by atoms with van der Waals surface area (Å²) in [6.45, 7) is 1.32. The van der Waals surface area contributed by atoms with Crippen LogP contribution in [0.2, 0.25) is 0 Å². The van der Waals surface area contributed by atoms with Crippen LogP contribution in [0, 0.1) is 0 Å². The molecule has 0 aliphatic rings. The van der Waals surface area contributed by atoms with E-state index < -0.39 is 0 Å². The summed E-state index contributed by atoms with van der Waals surface area (Å²) in [5.41, 5.74) is 0.660. The van der Waals surface area contributed by atoms with Crippen molar-refractivity contribution in [2.24, 2.45) is 0 Å². The number of carbonyl (C=O) groups is 1. The lowest BCUT2D eigenvalue weighted by molar-refractivity contribution is 0.0953. The molecular weight excluding hydrogens is 320 g/mol. The molecule has 0 saturated carbocycles. The van der Waals surface area contributed by atoms with Gasteiger partial charge in [0.05, 0.1) is 0 Å². The van der Waals surface area contributed by atoms with Crippen LogP contribution in [-0.4, -0.2) is 29.0 Å². The van der Waals surface area contributed by atoms with Crippen molar-refractivity contribution in [3.05, 3.63) is 52.8 Å². The highest BCUT2D eigenvalue weighted by Gasteiger charge is 2.03. The van der Waals surface area contributed by atoms with Crippen molar-refractivity contribution in [2.75, 3.05) is 18.4 Å². The van der Waals surface area contributed by atoms with Gasteiger partial charge in [0.2, 0.25) is 5.95 Å². The Morgan fingerprint density at radius 3 is 2.50 bits per heavy atom. The second-order valence-electron chi connectivity index (χ2n) is 4.12. The lowest BCUT2D eigenvalue weighted by Crippen LogP contribution is -2.25. The molecule has 0 unspecified atom stereocenters. The first kappa shape index (κ1) is 14.5. The Morgan fingerprint density at radius 2 is 1.80 bits per heavy atom. The maximum atomic E-state index is 11.8. The first-order valence-corrected chi connectivity index (χ1v) is 7.09. The fourth-order valence-electron chi connectivity index (χ4n) is 1.58. The quantitative estimate of drug-likeness (QED) is 0.796. The lowest BCUT2D eigenvalue weighted by Gasteiger charge is -2.06. The van der Waals surface area contributed by atoms with Gasteiger partial charge in [-0.15, -0.1) is 0 Å². The minimum absolute atomic E-state index is 0.0616. The van der Waals surface area contributed by atoms with E-state index in [9.17, 15) is 4.79 Å². The fraction of sp³-hybridized carbons (Fsp3) is 0.214. The smallest absolute Gasteiger partial charge is 0.251 e. The zero-order valence-corrected chi connectivity index (χ0v) is 12.4. The number of hydrogen-bond acceptors (Lipinski definition) is 4. The molecule has 1 aromatic heterocycles. The number of aromatic nitrogens is 2. The van der Waals surface area contributed by atoms with Gasteiger partial charge in [0.15, 0.2) is 0 Å². The third-order valence-corrected chi connectivity index (χ3v) is 3.12. The van der Waals surface area contributed by atoms with E-state index in [1.54, 1.807) is 30.6 Å². The molecule has 0 saturated heterocycles. The molecule has 0 bridgehead atoms. The predicted molar refractivity (Wildman–Crippen MR) is 81.6 cm³/mol. The number of halogens is 1. The van der Waals surface area contributed by atoms with Crippen LogP contribution in [-0.2, 0) is 0 Å². The monoisotopic (exact) mass is 334 g/mol. The van der Waals surface area contributed by atoms with Crippen molar-refractivity contribution in [2.45, 2.75) is 6.42 Å². The highest BCUT2D eigenvalue weighted by molar-refractivity contribution is 9.10. The van der Waals surface area contributed by atoms with Crippen LogP contribution in [0.4, 0.5) is 5.95 Å². The van der Waals surface area contributed by atoms with Gasteiger partial charge in [-0.1, -0.05) is 15.9 Å². The number of hydrogen-bond donors (Lipinski definition) is 2. The molecule has 2 N–H and O–H groups in total. The highest BCUT2D eigenvalue weighted by atomic mass is 79.9. The van der Waals surface area contributed by atoms with Crippen molar-refractivity contribution >= 4 is 27.8 Å². The maximum absolute atomic E-state index is 11.8. The number of amides is 1. The van der Waals surface area contributed by atoms with Gasteiger partial charge in [0.1, 0.15) is 0 Å². The van der Waals surface area contributed by atoms with Gasteiger partial charge in [-0.05, 0) is 36.8 Å². The van der Waals surface area contributed by atoms with Gasteiger partial charge in [0.25, 0.3) is 5.91 Å². The Bertz CT molecular complexity index is 545. The number of carbonyl (C=O) groups excluding carboxylic acids is 1. The van der Waals surface area contributed by atoms with E-state index in [0.717, 1.165) is 10.9 Å². The molecule has 0 radical (unpaired) electrons. The Hall–Kier alpha value is -1.95. The van der Waals surface area contributed by atoms with Gasteiger partial charge in [0, 0.05) is 35.5 Å². The van der Waals surface area contributed by atoms with Gasteiger partial charge in [-0.25, -0.2) is 9.97 Å². The zero-order valence-electron chi connectivity index (χ0n) is 10.8. The maximum Gasteiger partial charge on any atom is 0.251 e. The molecule has 1 heterocycles. The normalized spacial score (nSPS) is 10.1. The molecule has 1 amide bonds. The zero-order chi connectivity index (χ0) is 14.2. The van der Waals surface area contributed by atoms with E-state index in [4.69, 9.17) is 0 Å². The second-order valence-corrected chi connectivity index (χ2v) is 5.03.